The van der Waals surface area contributed by atoms with Crippen LogP contribution in [-0.4, -0.2) is 87.4 Å². The zero-order valence-corrected chi connectivity index (χ0v) is 48.8. The lowest BCUT2D eigenvalue weighted by atomic mass is 10.0. The van der Waals surface area contributed by atoms with E-state index in [0.717, 1.165) is 57.8 Å². The van der Waals surface area contributed by atoms with Crippen molar-refractivity contribution in [3.05, 3.63) is 36.5 Å². The number of quaternary nitrogens is 1. The molecule has 0 amide bonds. The minimum Gasteiger partial charge on any atom is -0.477 e. The molecular formula is C64H120NO8+. The highest BCUT2D eigenvalue weighted by Crippen LogP contribution is 2.17. The zero-order chi connectivity index (χ0) is 53.4. The second kappa shape index (κ2) is 55.7. The van der Waals surface area contributed by atoms with Gasteiger partial charge in [-0.3, -0.25) is 9.59 Å². The molecule has 9 nitrogen and oxygen atoms in total. The fourth-order valence-corrected chi connectivity index (χ4v) is 9.08. The molecule has 0 aromatic carbocycles. The quantitative estimate of drug-likeness (QED) is 0.0211. The number of carboxylic acid groups (broad SMARTS) is 1. The van der Waals surface area contributed by atoms with Gasteiger partial charge < -0.3 is 28.5 Å². The van der Waals surface area contributed by atoms with E-state index in [1.165, 1.54) is 212 Å². The van der Waals surface area contributed by atoms with Crippen LogP contribution in [0.5, 0.6) is 0 Å². The van der Waals surface area contributed by atoms with Crippen molar-refractivity contribution in [2.24, 2.45) is 0 Å². The molecular weight excluding hydrogens is 911 g/mol. The van der Waals surface area contributed by atoms with Crippen molar-refractivity contribution < 1.29 is 42.9 Å². The average molecular weight is 1030 g/mol. The van der Waals surface area contributed by atoms with Crippen LogP contribution in [0.25, 0.3) is 0 Å². The van der Waals surface area contributed by atoms with Gasteiger partial charge in [0.05, 0.1) is 34.4 Å². The Morgan fingerprint density at radius 2 is 0.740 bits per heavy atom. The average Bonchev–Trinajstić information content (AvgIpc) is 3.36. The molecule has 0 aliphatic carbocycles. The summed E-state index contributed by atoms with van der Waals surface area (Å²) in [5.41, 5.74) is 0. The standard InChI is InChI=1S/C64H119NO8/c1-6-8-10-12-14-16-18-20-22-24-26-28-30-31-33-35-37-39-41-43-45-47-49-51-53-55-62(67)73-60(59-72-64(63(68)69)70-57-56-65(3,4)5)58-71-61(66)54-52-50-48-46-44-42-40-38-36-34-32-29-27-25-23-21-19-17-15-13-11-9-7-2/h18,20,24,26,30-31,60,64H,6-17,19,21-23,25,27-29,32-59H2,1-5H3/p+1/b20-18-,26-24-,31-30-. The van der Waals surface area contributed by atoms with Gasteiger partial charge in [0.2, 0.25) is 0 Å². The van der Waals surface area contributed by atoms with Gasteiger partial charge in [0.25, 0.3) is 6.29 Å². The molecule has 9 heteroatoms. The molecule has 0 rings (SSSR count). The molecule has 0 spiro atoms. The predicted molar refractivity (Wildman–Crippen MR) is 309 cm³/mol. The summed E-state index contributed by atoms with van der Waals surface area (Å²) < 4.78 is 22.9. The highest BCUT2D eigenvalue weighted by atomic mass is 16.7. The van der Waals surface area contributed by atoms with E-state index in [9.17, 15) is 19.5 Å². The minimum absolute atomic E-state index is 0.179. The van der Waals surface area contributed by atoms with Crippen LogP contribution in [0.4, 0.5) is 0 Å². The number of hydrogen-bond donors (Lipinski definition) is 1. The molecule has 0 aliphatic rings. The van der Waals surface area contributed by atoms with Gasteiger partial charge in [-0.25, -0.2) is 4.79 Å². The second-order valence-corrected chi connectivity index (χ2v) is 22.4. The van der Waals surface area contributed by atoms with Gasteiger partial charge in [0.1, 0.15) is 13.2 Å². The molecule has 0 radical (unpaired) electrons. The van der Waals surface area contributed by atoms with Crippen LogP contribution in [0, 0.1) is 0 Å². The van der Waals surface area contributed by atoms with E-state index in [1.807, 2.05) is 21.1 Å². The largest absolute Gasteiger partial charge is 0.477 e. The minimum atomic E-state index is -1.51. The van der Waals surface area contributed by atoms with E-state index in [1.54, 1.807) is 0 Å². The first-order valence-electron chi connectivity index (χ1n) is 31.2. The summed E-state index contributed by atoms with van der Waals surface area (Å²) in [5.74, 6) is -1.99. The molecule has 0 saturated heterocycles. The van der Waals surface area contributed by atoms with Crippen molar-refractivity contribution in [2.75, 3.05) is 47.5 Å². The summed E-state index contributed by atoms with van der Waals surface area (Å²) in [6.07, 6.45) is 65.1. The first-order chi connectivity index (χ1) is 35.6. The summed E-state index contributed by atoms with van der Waals surface area (Å²) in [7, 11) is 5.98. The Bertz CT molecular complexity index is 1290. The number of ether oxygens (including phenoxy) is 4. The summed E-state index contributed by atoms with van der Waals surface area (Å²) in [6, 6.07) is 0. The molecule has 0 aliphatic heterocycles. The SMILES string of the molecule is CCCCCCC/C=C\C/C=C\C/C=C\CCCCCCCCCCCCC(=O)OC(COC(=O)CCCCCCCCCCCCCCCCCCCCCCCCC)COC(OCC[N+](C)(C)C)C(=O)O. The Morgan fingerprint density at radius 3 is 1.10 bits per heavy atom. The predicted octanol–water partition coefficient (Wildman–Crippen LogP) is 18.5. The van der Waals surface area contributed by atoms with Gasteiger partial charge in [0, 0.05) is 12.8 Å². The van der Waals surface area contributed by atoms with Crippen LogP contribution >= 0.6 is 0 Å². The number of carbonyl (C=O) groups excluding carboxylic acids is 2. The maximum Gasteiger partial charge on any atom is 0.361 e. The maximum atomic E-state index is 12.9. The Hall–Kier alpha value is -2.49. The Balaban J connectivity index is 4.19. The van der Waals surface area contributed by atoms with Crippen molar-refractivity contribution in [3.8, 4) is 0 Å². The number of carboxylic acids is 1. The van der Waals surface area contributed by atoms with E-state index in [-0.39, 0.29) is 32.2 Å². The third-order valence-corrected chi connectivity index (χ3v) is 13.9. The first-order valence-corrected chi connectivity index (χ1v) is 31.2. The number of likely N-dealkylation sites (N-methyl/N-ethyl adjacent to an activating group) is 1. The summed E-state index contributed by atoms with van der Waals surface area (Å²) >= 11 is 0. The van der Waals surface area contributed by atoms with Gasteiger partial charge >= 0.3 is 17.9 Å². The topological polar surface area (TPSA) is 108 Å². The molecule has 0 aromatic heterocycles. The van der Waals surface area contributed by atoms with Crippen LogP contribution in [0.3, 0.4) is 0 Å². The number of esters is 2. The maximum absolute atomic E-state index is 12.9. The molecule has 0 bridgehead atoms. The number of rotatable bonds is 58. The number of allylic oxidation sites excluding steroid dienone is 6. The zero-order valence-electron chi connectivity index (χ0n) is 48.8. The molecule has 0 heterocycles. The van der Waals surface area contributed by atoms with E-state index in [2.05, 4.69) is 50.3 Å². The molecule has 0 fully saturated rings. The Kier molecular flexibility index (Phi) is 53.8. The van der Waals surface area contributed by atoms with Crippen molar-refractivity contribution >= 4 is 17.9 Å². The van der Waals surface area contributed by atoms with Crippen molar-refractivity contribution in [1.82, 2.24) is 0 Å². The van der Waals surface area contributed by atoms with Crippen LogP contribution < -0.4 is 0 Å². The number of nitrogens with zero attached hydrogens (tertiary/aromatic N) is 1. The third kappa shape index (κ3) is 57.1. The lowest BCUT2D eigenvalue weighted by Crippen LogP contribution is -2.40. The molecule has 73 heavy (non-hydrogen) atoms. The highest BCUT2D eigenvalue weighted by Gasteiger charge is 2.25. The van der Waals surface area contributed by atoms with Gasteiger partial charge in [0.15, 0.2) is 6.10 Å². The van der Waals surface area contributed by atoms with Gasteiger partial charge in [-0.15, -0.1) is 0 Å². The monoisotopic (exact) mass is 1030 g/mol. The van der Waals surface area contributed by atoms with E-state index >= 15 is 0 Å². The lowest BCUT2D eigenvalue weighted by molar-refractivity contribution is -0.870. The third-order valence-electron chi connectivity index (χ3n) is 13.9. The molecule has 0 saturated carbocycles. The molecule has 2 unspecified atom stereocenters. The molecule has 0 aromatic rings. The molecule has 2 atom stereocenters. The fourth-order valence-electron chi connectivity index (χ4n) is 9.08. The lowest BCUT2D eigenvalue weighted by Gasteiger charge is -2.25. The molecule has 1 N–H and O–H groups in total. The van der Waals surface area contributed by atoms with Crippen LogP contribution in [-0.2, 0) is 33.3 Å². The van der Waals surface area contributed by atoms with E-state index < -0.39 is 24.3 Å². The smallest absolute Gasteiger partial charge is 0.361 e. The number of unbranched alkanes of at least 4 members (excludes halogenated alkanes) is 37. The van der Waals surface area contributed by atoms with Gasteiger partial charge in [-0.1, -0.05) is 269 Å². The van der Waals surface area contributed by atoms with Crippen molar-refractivity contribution in [1.29, 1.82) is 0 Å². The Morgan fingerprint density at radius 1 is 0.411 bits per heavy atom. The summed E-state index contributed by atoms with van der Waals surface area (Å²) in [6.45, 7) is 4.91. The van der Waals surface area contributed by atoms with Crippen molar-refractivity contribution in [2.45, 2.75) is 309 Å². The number of aliphatic carboxylic acids is 1. The van der Waals surface area contributed by atoms with Crippen LogP contribution in [0.1, 0.15) is 296 Å². The Labute approximate surface area is 451 Å². The van der Waals surface area contributed by atoms with E-state index in [0.29, 0.717) is 17.4 Å². The normalized spacial score (nSPS) is 12.9. The molecule has 428 valence electrons. The highest BCUT2D eigenvalue weighted by molar-refractivity contribution is 5.71. The number of carbonyl (C=O) groups is 3. The van der Waals surface area contributed by atoms with Gasteiger partial charge in [-0.2, -0.15) is 0 Å². The van der Waals surface area contributed by atoms with Gasteiger partial charge in [-0.05, 0) is 51.4 Å². The van der Waals surface area contributed by atoms with E-state index in [4.69, 9.17) is 18.9 Å². The first kappa shape index (κ1) is 70.5. The number of hydrogen-bond acceptors (Lipinski definition) is 7. The fraction of sp³-hybridized carbons (Fsp3) is 0.859. The summed E-state index contributed by atoms with van der Waals surface area (Å²) in [4.78, 5) is 37.5. The second-order valence-electron chi connectivity index (χ2n) is 22.4. The summed E-state index contributed by atoms with van der Waals surface area (Å²) in [5, 5.41) is 9.72. The van der Waals surface area contributed by atoms with Crippen molar-refractivity contribution in [3.63, 3.8) is 0 Å². The van der Waals surface area contributed by atoms with Crippen LogP contribution in [0.2, 0.25) is 0 Å². The van der Waals surface area contributed by atoms with Crippen LogP contribution in [0.15, 0.2) is 36.5 Å².